The van der Waals surface area contributed by atoms with Crippen molar-refractivity contribution in [2.24, 2.45) is 10.1 Å². The minimum atomic E-state index is -4.21. The summed E-state index contributed by atoms with van der Waals surface area (Å²) in [5.41, 5.74) is 2.62. The summed E-state index contributed by atoms with van der Waals surface area (Å²) in [6.45, 7) is 0. The van der Waals surface area contributed by atoms with Crippen LogP contribution in [0.2, 0.25) is 0 Å². The van der Waals surface area contributed by atoms with Crippen molar-refractivity contribution in [1.29, 1.82) is 0 Å². The van der Waals surface area contributed by atoms with E-state index >= 15 is 0 Å². The number of hydrogen-bond acceptors (Lipinski definition) is 5. The minimum absolute atomic E-state index is 0.0896. The summed E-state index contributed by atoms with van der Waals surface area (Å²) in [6.07, 6.45) is 6.92. The van der Waals surface area contributed by atoms with Gasteiger partial charge in [0, 0.05) is 29.8 Å². The number of sulfonamides is 1. The van der Waals surface area contributed by atoms with Gasteiger partial charge in [-0.05, 0) is 35.4 Å². The van der Waals surface area contributed by atoms with Crippen LogP contribution in [0.3, 0.4) is 0 Å². The molecule has 144 valence electrons. The molecule has 2 N–H and O–H groups in total. The molecular weight excluding hydrogens is 388 g/mol. The highest BCUT2D eigenvalue weighted by molar-refractivity contribution is 7.89. The lowest BCUT2D eigenvalue weighted by molar-refractivity contribution is 0.406. The zero-order chi connectivity index (χ0) is 20.1. The number of halogens is 2. The van der Waals surface area contributed by atoms with Gasteiger partial charge < -0.3 is 4.74 Å². The van der Waals surface area contributed by atoms with E-state index in [0.717, 1.165) is 23.3 Å². The van der Waals surface area contributed by atoms with Gasteiger partial charge in [-0.3, -0.25) is 4.98 Å². The van der Waals surface area contributed by atoms with E-state index in [-0.39, 0.29) is 18.0 Å². The molecule has 1 aromatic heterocycles. The molecule has 0 spiro atoms. The van der Waals surface area contributed by atoms with Crippen LogP contribution in [-0.4, -0.2) is 32.5 Å². The van der Waals surface area contributed by atoms with Gasteiger partial charge in [-0.15, -0.1) is 0 Å². The molecule has 1 aromatic carbocycles. The van der Waals surface area contributed by atoms with Gasteiger partial charge in [0.25, 0.3) is 0 Å². The lowest BCUT2D eigenvalue weighted by atomic mass is 9.87. The Kier molecular flexibility index (Phi) is 4.35. The molecular formula is C19H15F2N3O3S. The normalized spacial score (nSPS) is 17.6. The largest absolute Gasteiger partial charge is 0.481 e. The third kappa shape index (κ3) is 3.12. The van der Waals surface area contributed by atoms with Crippen molar-refractivity contribution in [2.45, 2.75) is 17.4 Å². The van der Waals surface area contributed by atoms with Crippen LogP contribution in [0.15, 0.2) is 46.4 Å². The van der Waals surface area contributed by atoms with Crippen molar-refractivity contribution in [3.63, 3.8) is 0 Å². The van der Waals surface area contributed by atoms with Crippen molar-refractivity contribution >= 4 is 27.6 Å². The summed E-state index contributed by atoms with van der Waals surface area (Å²) in [5.74, 6) is -1.50. The molecule has 0 saturated heterocycles. The maximum atomic E-state index is 14.5. The van der Waals surface area contributed by atoms with Gasteiger partial charge >= 0.3 is 0 Å². The lowest BCUT2D eigenvalue weighted by Gasteiger charge is -2.20. The Labute approximate surface area is 160 Å². The van der Waals surface area contributed by atoms with E-state index in [1.165, 1.54) is 7.11 Å². The van der Waals surface area contributed by atoms with E-state index in [2.05, 4.69) is 9.98 Å². The molecule has 2 aromatic rings. The topological polar surface area (TPSA) is 94.6 Å². The number of nitrogens with two attached hydrogens (primary N) is 1. The quantitative estimate of drug-likeness (QED) is 0.852. The number of benzene rings is 1. The molecule has 1 aliphatic heterocycles. The Morgan fingerprint density at radius 2 is 1.96 bits per heavy atom. The van der Waals surface area contributed by atoms with E-state index in [1.54, 1.807) is 24.4 Å². The van der Waals surface area contributed by atoms with Gasteiger partial charge in [0.05, 0.1) is 23.7 Å². The average Bonchev–Trinajstić information content (AvgIpc) is 3.07. The maximum absolute atomic E-state index is 14.5. The van der Waals surface area contributed by atoms with Gasteiger partial charge in [-0.25, -0.2) is 27.3 Å². The molecule has 9 heteroatoms. The summed E-state index contributed by atoms with van der Waals surface area (Å²) in [5, 5.41) is 4.96. The molecule has 0 saturated carbocycles. The number of rotatable bonds is 3. The number of hydrogen-bond donors (Lipinski definition) is 1. The summed E-state index contributed by atoms with van der Waals surface area (Å²) in [4.78, 5) is 8.12. The highest BCUT2D eigenvalue weighted by atomic mass is 32.2. The van der Waals surface area contributed by atoms with Crippen molar-refractivity contribution in [2.75, 3.05) is 7.11 Å². The molecule has 6 nitrogen and oxygen atoms in total. The first-order valence-electron chi connectivity index (χ1n) is 8.28. The van der Waals surface area contributed by atoms with E-state index in [1.807, 2.05) is 6.08 Å². The van der Waals surface area contributed by atoms with Crippen LogP contribution < -0.4 is 5.14 Å². The summed E-state index contributed by atoms with van der Waals surface area (Å²) >= 11 is 0. The molecule has 1 atom stereocenters. The molecule has 2 aliphatic rings. The van der Waals surface area contributed by atoms with E-state index < -0.39 is 26.6 Å². The number of methoxy groups -OCH3 is 1. The predicted molar refractivity (Wildman–Crippen MR) is 100 cm³/mol. The van der Waals surface area contributed by atoms with Gasteiger partial charge in [-0.1, -0.05) is 6.08 Å². The fourth-order valence-electron chi connectivity index (χ4n) is 3.35. The number of aromatic nitrogens is 1. The van der Waals surface area contributed by atoms with Crippen molar-refractivity contribution in [1.82, 2.24) is 4.98 Å². The molecule has 1 unspecified atom stereocenters. The SMILES string of the molecule is COC1=NC2C=Cc3nccc(Cc4c(F)cc(S(N)(=O)=O)cc4F)c3C2=C1. The minimum Gasteiger partial charge on any atom is -0.481 e. The second kappa shape index (κ2) is 6.61. The van der Waals surface area contributed by atoms with Crippen LogP contribution >= 0.6 is 0 Å². The zero-order valence-corrected chi connectivity index (χ0v) is 15.5. The molecule has 1 aliphatic carbocycles. The van der Waals surface area contributed by atoms with Gasteiger partial charge in [-0.2, -0.15) is 0 Å². The van der Waals surface area contributed by atoms with E-state index in [0.29, 0.717) is 17.2 Å². The second-order valence-electron chi connectivity index (χ2n) is 6.39. The van der Waals surface area contributed by atoms with E-state index in [4.69, 9.17) is 9.88 Å². The highest BCUT2D eigenvalue weighted by Crippen LogP contribution is 2.36. The smallest absolute Gasteiger partial charge is 0.238 e. The predicted octanol–water partition coefficient (Wildman–Crippen LogP) is 2.44. The standard InChI is InChI=1S/C19H15F2N3O3S/c1-27-18-9-13-16(24-18)2-3-17-19(13)10(4-5-23-17)6-12-14(20)7-11(8-15(12)21)28(22,25)26/h2-5,7-9,16H,6H2,1H3,(H2,22,25,26). The Balaban J connectivity index is 1.79. The molecule has 0 fully saturated rings. The first-order valence-corrected chi connectivity index (χ1v) is 9.83. The summed E-state index contributed by atoms with van der Waals surface area (Å²) < 4.78 is 56.9. The summed E-state index contributed by atoms with van der Waals surface area (Å²) in [6, 6.07) is 2.88. The number of nitrogens with zero attached hydrogens (tertiary/aromatic N) is 2. The Hall–Kier alpha value is -2.91. The summed E-state index contributed by atoms with van der Waals surface area (Å²) in [7, 11) is -2.70. The lowest BCUT2D eigenvalue weighted by Crippen LogP contribution is -2.14. The number of pyridine rings is 1. The van der Waals surface area contributed by atoms with Gasteiger partial charge in [0.2, 0.25) is 15.9 Å². The fraction of sp³-hybridized carbons (Fsp3) is 0.158. The fourth-order valence-corrected chi connectivity index (χ4v) is 3.89. The first-order chi connectivity index (χ1) is 13.3. The molecule has 0 radical (unpaired) electrons. The Morgan fingerprint density at radius 1 is 1.25 bits per heavy atom. The number of ether oxygens (including phenoxy) is 1. The molecule has 0 bridgehead atoms. The van der Waals surface area contributed by atoms with E-state index in [9.17, 15) is 17.2 Å². The third-order valence-electron chi connectivity index (χ3n) is 4.68. The van der Waals surface area contributed by atoms with Crippen molar-refractivity contribution in [3.05, 3.63) is 70.6 Å². The van der Waals surface area contributed by atoms with Gasteiger partial charge in [0.1, 0.15) is 11.6 Å². The molecule has 4 rings (SSSR count). The Bertz CT molecular complexity index is 1160. The first kappa shape index (κ1) is 18.5. The van der Waals surface area contributed by atoms with Crippen LogP contribution in [0.4, 0.5) is 8.78 Å². The van der Waals surface area contributed by atoms with Crippen LogP contribution in [0, 0.1) is 11.6 Å². The second-order valence-corrected chi connectivity index (χ2v) is 7.95. The third-order valence-corrected chi connectivity index (χ3v) is 5.57. The van der Waals surface area contributed by atoms with Gasteiger partial charge in [0.15, 0.2) is 0 Å². The molecule has 2 heterocycles. The maximum Gasteiger partial charge on any atom is 0.238 e. The Morgan fingerprint density at radius 3 is 2.61 bits per heavy atom. The van der Waals surface area contributed by atoms with Crippen LogP contribution in [0.1, 0.15) is 22.4 Å². The average molecular weight is 403 g/mol. The molecule has 28 heavy (non-hydrogen) atoms. The number of aliphatic imine (C=N–C) groups is 1. The van der Waals surface area contributed by atoms with Crippen molar-refractivity contribution < 1.29 is 21.9 Å². The zero-order valence-electron chi connectivity index (χ0n) is 14.7. The van der Waals surface area contributed by atoms with Crippen molar-refractivity contribution in [3.8, 4) is 0 Å². The van der Waals surface area contributed by atoms with Crippen LogP contribution in [0.5, 0.6) is 0 Å². The van der Waals surface area contributed by atoms with Crippen LogP contribution in [-0.2, 0) is 21.2 Å². The number of fused-ring (bicyclic) bond motifs is 3. The monoisotopic (exact) mass is 403 g/mol. The highest BCUT2D eigenvalue weighted by Gasteiger charge is 2.28. The number of primary sulfonamides is 1. The van der Waals surface area contributed by atoms with Crippen LogP contribution in [0.25, 0.3) is 11.6 Å². The molecule has 0 amide bonds.